The first kappa shape index (κ1) is 64.8. The highest BCUT2D eigenvalue weighted by molar-refractivity contribution is 5.70. The predicted octanol–water partition coefficient (Wildman–Crippen LogP) is 19.5. The van der Waals surface area contributed by atoms with Gasteiger partial charge < -0.3 is 14.6 Å². The Hall–Kier alpha value is -3.18. The molecule has 0 aliphatic carbocycles. The summed E-state index contributed by atoms with van der Waals surface area (Å²) >= 11 is 0. The quantitative estimate of drug-likeness (QED) is 0.0374. The molecule has 0 heterocycles. The second-order valence-electron chi connectivity index (χ2n) is 19.0. The zero-order valence-corrected chi connectivity index (χ0v) is 44.6. The van der Waals surface area contributed by atoms with E-state index in [9.17, 15) is 14.7 Å². The van der Waals surface area contributed by atoms with E-state index >= 15 is 0 Å². The van der Waals surface area contributed by atoms with Crippen LogP contribution >= 0.6 is 0 Å². The van der Waals surface area contributed by atoms with Crippen LogP contribution in [0, 0.1) is 0 Å². The summed E-state index contributed by atoms with van der Waals surface area (Å²) in [5.74, 6) is -0.584. The molecule has 1 N–H and O–H groups in total. The summed E-state index contributed by atoms with van der Waals surface area (Å²) in [6, 6.07) is 0. The van der Waals surface area contributed by atoms with Gasteiger partial charge in [-0.2, -0.15) is 0 Å². The van der Waals surface area contributed by atoms with Gasteiger partial charge >= 0.3 is 11.9 Å². The largest absolute Gasteiger partial charge is 0.462 e. The molecule has 0 aliphatic heterocycles. The number of ether oxygens (including phenoxy) is 2. The Balaban J connectivity index is 3.50. The lowest BCUT2D eigenvalue weighted by Crippen LogP contribution is -2.28. The Bertz CT molecular complexity index is 1300. The summed E-state index contributed by atoms with van der Waals surface area (Å²) < 4.78 is 10.7. The number of allylic oxidation sites excluding steroid dienone is 16. The second kappa shape index (κ2) is 58.1. The van der Waals surface area contributed by atoms with Gasteiger partial charge in [0.05, 0.1) is 6.61 Å². The fourth-order valence-corrected chi connectivity index (χ4v) is 8.10. The van der Waals surface area contributed by atoms with E-state index < -0.39 is 6.10 Å². The molecule has 0 fully saturated rings. The van der Waals surface area contributed by atoms with Crippen LogP contribution in [-0.2, 0) is 19.1 Å². The van der Waals surface area contributed by atoms with Gasteiger partial charge in [-0.15, -0.1) is 0 Å². The lowest BCUT2D eigenvalue weighted by atomic mass is 10.0. The predicted molar refractivity (Wildman–Crippen MR) is 297 cm³/mol. The van der Waals surface area contributed by atoms with Crippen molar-refractivity contribution in [3.8, 4) is 0 Å². The normalized spacial score (nSPS) is 12.9. The van der Waals surface area contributed by atoms with Crippen molar-refractivity contribution < 1.29 is 24.2 Å². The molecular weight excluding hydrogens is 837 g/mol. The summed E-state index contributed by atoms with van der Waals surface area (Å²) in [6.07, 6.45) is 82.4. The minimum absolute atomic E-state index is 0.0651. The molecule has 0 aromatic carbocycles. The molecule has 0 aromatic heterocycles. The molecule has 0 spiro atoms. The summed E-state index contributed by atoms with van der Waals surface area (Å²) in [4.78, 5) is 24.5. The van der Waals surface area contributed by atoms with Crippen molar-refractivity contribution in [3.05, 3.63) is 97.2 Å². The molecule has 5 nitrogen and oxygen atoms in total. The summed E-state index contributed by atoms with van der Waals surface area (Å²) in [6.45, 7) is 4.04. The third kappa shape index (κ3) is 55.4. The maximum Gasteiger partial charge on any atom is 0.306 e. The molecule has 1 atom stereocenters. The van der Waals surface area contributed by atoms with Crippen LogP contribution in [0.2, 0.25) is 0 Å². The average molecular weight is 946 g/mol. The summed E-state index contributed by atoms with van der Waals surface area (Å²) in [5.41, 5.74) is 0. The van der Waals surface area contributed by atoms with Gasteiger partial charge in [-0.3, -0.25) is 9.59 Å². The van der Waals surface area contributed by atoms with E-state index in [-0.39, 0.29) is 25.2 Å². The van der Waals surface area contributed by atoms with Gasteiger partial charge in [0.25, 0.3) is 0 Å². The SMILES string of the molecule is CC/C=C\C/C=C\C/C=C\C/C=C\C/C=C\C/C=C\C/C=C\C/C=C\CCCCCCCCCCCCCCCCC(=O)OC(CO)COC(=O)CCCCCCCCCCCCCCCCC. The maximum absolute atomic E-state index is 12.3. The van der Waals surface area contributed by atoms with Crippen molar-refractivity contribution in [2.45, 2.75) is 277 Å². The number of carbonyl (C=O) groups excluding carboxylic acids is 2. The lowest BCUT2D eigenvalue weighted by molar-refractivity contribution is -0.161. The number of hydrogen-bond donors (Lipinski definition) is 1. The van der Waals surface area contributed by atoms with Gasteiger partial charge in [-0.05, 0) is 77.0 Å². The molecule has 1 unspecified atom stereocenters. The van der Waals surface area contributed by atoms with Crippen LogP contribution in [0.4, 0.5) is 0 Å². The summed E-state index contributed by atoms with van der Waals surface area (Å²) in [5, 5.41) is 9.64. The van der Waals surface area contributed by atoms with Crippen LogP contribution in [-0.4, -0.2) is 36.4 Å². The van der Waals surface area contributed by atoms with Crippen molar-refractivity contribution in [2.24, 2.45) is 0 Å². The minimum atomic E-state index is -0.773. The van der Waals surface area contributed by atoms with Gasteiger partial charge in [-0.1, -0.05) is 278 Å². The molecule has 390 valence electrons. The van der Waals surface area contributed by atoms with E-state index in [0.29, 0.717) is 12.8 Å². The highest BCUT2D eigenvalue weighted by Crippen LogP contribution is 2.16. The van der Waals surface area contributed by atoms with Gasteiger partial charge in [0, 0.05) is 12.8 Å². The van der Waals surface area contributed by atoms with Gasteiger partial charge in [-0.25, -0.2) is 0 Å². The van der Waals surface area contributed by atoms with Crippen molar-refractivity contribution >= 4 is 11.9 Å². The number of aliphatic hydroxyl groups excluding tert-OH is 1. The third-order valence-electron chi connectivity index (χ3n) is 12.4. The van der Waals surface area contributed by atoms with Crippen LogP contribution in [0.5, 0.6) is 0 Å². The lowest BCUT2D eigenvalue weighted by Gasteiger charge is -2.15. The van der Waals surface area contributed by atoms with Crippen molar-refractivity contribution in [1.29, 1.82) is 0 Å². The molecule has 68 heavy (non-hydrogen) atoms. The first-order valence-corrected chi connectivity index (χ1v) is 28.8. The molecule has 0 aromatic rings. The Kier molecular flexibility index (Phi) is 55.4. The molecule has 0 saturated heterocycles. The Labute approximate surface area is 421 Å². The zero-order valence-electron chi connectivity index (χ0n) is 44.6. The van der Waals surface area contributed by atoms with Crippen LogP contribution in [0.25, 0.3) is 0 Å². The Morgan fingerprint density at radius 2 is 0.632 bits per heavy atom. The van der Waals surface area contributed by atoms with Crippen molar-refractivity contribution in [3.63, 3.8) is 0 Å². The van der Waals surface area contributed by atoms with Crippen LogP contribution in [0.3, 0.4) is 0 Å². The average Bonchev–Trinajstić information content (AvgIpc) is 3.34. The molecular formula is C63H108O5. The third-order valence-corrected chi connectivity index (χ3v) is 12.4. The van der Waals surface area contributed by atoms with Crippen LogP contribution in [0.15, 0.2) is 97.2 Å². The van der Waals surface area contributed by atoms with E-state index in [2.05, 4.69) is 111 Å². The molecule has 0 bridgehead atoms. The molecule has 0 rings (SSSR count). The standard InChI is InChI=1S/C63H108O5/c1-3-5-7-9-11-13-15-17-19-20-21-22-23-24-25-26-27-28-29-30-31-32-33-34-35-36-37-38-39-40-41-42-44-46-48-50-52-54-56-58-63(66)68-61(59-64)60-67-62(65)57-55-53-51-49-47-45-43-18-16-14-12-10-8-6-4-2/h5,7,11,13,17,19,21-22,24-25,27-28,30-31,33-34,61,64H,3-4,6,8-10,12,14-16,18,20,23,26,29,32,35-60H2,1-2H3/b7-5-,13-11-,19-17-,22-21-,25-24-,28-27-,31-30-,34-33-. The number of carbonyl (C=O) groups is 2. The van der Waals surface area contributed by atoms with E-state index in [4.69, 9.17) is 9.47 Å². The van der Waals surface area contributed by atoms with Crippen LogP contribution in [0.1, 0.15) is 271 Å². The minimum Gasteiger partial charge on any atom is -0.462 e. The topological polar surface area (TPSA) is 72.8 Å². The highest BCUT2D eigenvalue weighted by Gasteiger charge is 2.16. The number of aliphatic hydroxyl groups is 1. The molecule has 0 amide bonds. The van der Waals surface area contributed by atoms with Gasteiger partial charge in [0.2, 0.25) is 0 Å². The fraction of sp³-hybridized carbons (Fsp3) is 0.714. The molecule has 5 heteroatoms. The Morgan fingerprint density at radius 1 is 0.353 bits per heavy atom. The van der Waals surface area contributed by atoms with E-state index in [1.807, 2.05) is 0 Å². The van der Waals surface area contributed by atoms with Crippen LogP contribution < -0.4 is 0 Å². The van der Waals surface area contributed by atoms with E-state index in [1.54, 1.807) is 0 Å². The fourth-order valence-electron chi connectivity index (χ4n) is 8.10. The Morgan fingerprint density at radius 3 is 0.956 bits per heavy atom. The smallest absolute Gasteiger partial charge is 0.306 e. The molecule has 0 saturated carbocycles. The first-order chi connectivity index (χ1) is 33.6. The number of unbranched alkanes of at least 4 members (excludes halogenated alkanes) is 28. The monoisotopic (exact) mass is 945 g/mol. The van der Waals surface area contributed by atoms with Crippen molar-refractivity contribution in [2.75, 3.05) is 13.2 Å². The highest BCUT2D eigenvalue weighted by atomic mass is 16.6. The molecule has 0 aliphatic rings. The van der Waals surface area contributed by atoms with Crippen molar-refractivity contribution in [1.82, 2.24) is 0 Å². The van der Waals surface area contributed by atoms with E-state index in [0.717, 1.165) is 89.9 Å². The number of esters is 2. The first-order valence-electron chi connectivity index (χ1n) is 28.8. The number of rotatable bonds is 52. The van der Waals surface area contributed by atoms with Gasteiger partial charge in [0.15, 0.2) is 6.10 Å². The van der Waals surface area contributed by atoms with E-state index in [1.165, 1.54) is 154 Å². The van der Waals surface area contributed by atoms with Gasteiger partial charge in [0.1, 0.15) is 6.61 Å². The summed E-state index contributed by atoms with van der Waals surface area (Å²) in [7, 11) is 0. The second-order valence-corrected chi connectivity index (χ2v) is 19.0. The maximum atomic E-state index is 12.3. The zero-order chi connectivity index (χ0) is 49.2. The molecule has 0 radical (unpaired) electrons. The number of hydrogen-bond acceptors (Lipinski definition) is 5.